The highest BCUT2D eigenvalue weighted by atomic mass is 32.2. The van der Waals surface area contributed by atoms with Gasteiger partial charge in [-0.25, -0.2) is 4.98 Å². The molecule has 3 aromatic rings. The van der Waals surface area contributed by atoms with Gasteiger partial charge < -0.3 is 10.1 Å². The third kappa shape index (κ3) is 2.54. The molecule has 0 unspecified atom stereocenters. The van der Waals surface area contributed by atoms with Gasteiger partial charge in [-0.2, -0.15) is 0 Å². The maximum Gasteiger partial charge on any atom is 0.283 e. The van der Waals surface area contributed by atoms with Crippen molar-refractivity contribution < 1.29 is 5.11 Å². The van der Waals surface area contributed by atoms with Crippen LogP contribution < -0.4 is 5.56 Å². The Morgan fingerprint density at radius 1 is 1.29 bits per heavy atom. The molecule has 0 fully saturated rings. The van der Waals surface area contributed by atoms with Gasteiger partial charge in [0, 0.05) is 11.9 Å². The van der Waals surface area contributed by atoms with Gasteiger partial charge >= 0.3 is 0 Å². The van der Waals surface area contributed by atoms with Crippen molar-refractivity contribution in [1.82, 2.24) is 14.5 Å². The van der Waals surface area contributed by atoms with Gasteiger partial charge in [0.2, 0.25) is 0 Å². The van der Waals surface area contributed by atoms with Crippen LogP contribution >= 0.6 is 11.8 Å². The van der Waals surface area contributed by atoms with Crippen LogP contribution in [0.2, 0.25) is 0 Å². The summed E-state index contributed by atoms with van der Waals surface area (Å²) in [4.78, 5) is 20.2. The summed E-state index contributed by atoms with van der Waals surface area (Å²) < 4.78 is 1.58. The van der Waals surface area contributed by atoms with E-state index in [2.05, 4.69) is 16.9 Å². The van der Waals surface area contributed by atoms with E-state index in [1.54, 1.807) is 52.9 Å². The van der Waals surface area contributed by atoms with Crippen LogP contribution in [0.5, 0.6) is 5.75 Å². The summed E-state index contributed by atoms with van der Waals surface area (Å²) in [6, 6.07) is 8.35. The molecule has 6 heteroatoms. The number of H-pyrrole nitrogens is 1. The zero-order valence-electron chi connectivity index (χ0n) is 11.5. The Labute approximate surface area is 125 Å². The minimum atomic E-state index is -0.130. The standard InChI is InChI=1S/C15H15N3O2S/c1-2-9-21-15-17-12-7-8-16-13(12)14(20)18(15)10-3-5-11(19)6-4-10/h3-8,16,19H,2,9H2,1H3. The summed E-state index contributed by atoms with van der Waals surface area (Å²) >= 11 is 1.55. The first kappa shape index (κ1) is 13.8. The van der Waals surface area contributed by atoms with Gasteiger partial charge in [-0.1, -0.05) is 18.7 Å². The maximum absolute atomic E-state index is 12.7. The molecule has 0 bridgehead atoms. The Bertz CT molecular complexity index is 821. The van der Waals surface area contributed by atoms with Crippen LogP contribution in [0.15, 0.2) is 46.5 Å². The molecule has 3 rings (SSSR count). The smallest absolute Gasteiger partial charge is 0.283 e. The average Bonchev–Trinajstić information content (AvgIpc) is 2.95. The van der Waals surface area contributed by atoms with Gasteiger partial charge in [0.25, 0.3) is 5.56 Å². The molecule has 5 nitrogen and oxygen atoms in total. The molecule has 108 valence electrons. The molecular weight excluding hydrogens is 286 g/mol. The Hall–Kier alpha value is -2.21. The highest BCUT2D eigenvalue weighted by molar-refractivity contribution is 7.99. The van der Waals surface area contributed by atoms with E-state index in [0.717, 1.165) is 12.2 Å². The van der Waals surface area contributed by atoms with Crippen LogP contribution in [-0.4, -0.2) is 25.4 Å². The number of aromatic nitrogens is 3. The van der Waals surface area contributed by atoms with Gasteiger partial charge in [-0.3, -0.25) is 9.36 Å². The summed E-state index contributed by atoms with van der Waals surface area (Å²) in [5.74, 6) is 1.06. The Morgan fingerprint density at radius 3 is 2.76 bits per heavy atom. The van der Waals surface area contributed by atoms with Crippen molar-refractivity contribution in [3.8, 4) is 11.4 Å². The number of nitrogens with one attached hydrogen (secondary N) is 1. The van der Waals surface area contributed by atoms with E-state index in [0.29, 0.717) is 21.9 Å². The Morgan fingerprint density at radius 2 is 2.05 bits per heavy atom. The molecule has 2 heterocycles. The van der Waals surface area contributed by atoms with E-state index in [4.69, 9.17) is 0 Å². The minimum absolute atomic E-state index is 0.130. The third-order valence-electron chi connectivity index (χ3n) is 3.09. The van der Waals surface area contributed by atoms with Gasteiger partial charge in [0.1, 0.15) is 11.3 Å². The van der Waals surface area contributed by atoms with Gasteiger partial charge in [0.15, 0.2) is 5.16 Å². The van der Waals surface area contributed by atoms with Crippen LogP contribution in [0.1, 0.15) is 13.3 Å². The molecule has 0 aliphatic rings. The number of rotatable bonds is 4. The fourth-order valence-electron chi connectivity index (χ4n) is 2.10. The second-order valence-electron chi connectivity index (χ2n) is 4.64. The number of hydrogen-bond acceptors (Lipinski definition) is 4. The summed E-state index contributed by atoms with van der Waals surface area (Å²) in [5.41, 5.74) is 1.73. The molecule has 0 amide bonds. The average molecular weight is 301 g/mol. The number of fused-ring (bicyclic) bond motifs is 1. The predicted octanol–water partition coefficient (Wildman–Crippen LogP) is 2.92. The van der Waals surface area contributed by atoms with Crippen LogP contribution in [0.25, 0.3) is 16.7 Å². The second-order valence-corrected chi connectivity index (χ2v) is 5.70. The Balaban J connectivity index is 2.24. The zero-order valence-corrected chi connectivity index (χ0v) is 12.4. The van der Waals surface area contributed by atoms with Crippen molar-refractivity contribution in [3.05, 3.63) is 46.9 Å². The largest absolute Gasteiger partial charge is 0.508 e. The van der Waals surface area contributed by atoms with Crippen molar-refractivity contribution in [1.29, 1.82) is 0 Å². The zero-order chi connectivity index (χ0) is 14.8. The van der Waals surface area contributed by atoms with Crippen LogP contribution in [0, 0.1) is 0 Å². The monoisotopic (exact) mass is 301 g/mol. The minimum Gasteiger partial charge on any atom is -0.508 e. The summed E-state index contributed by atoms with van der Waals surface area (Å²) in [5, 5.41) is 10.1. The van der Waals surface area contributed by atoms with Crippen molar-refractivity contribution in [2.45, 2.75) is 18.5 Å². The number of hydrogen-bond donors (Lipinski definition) is 2. The second kappa shape index (κ2) is 5.65. The lowest BCUT2D eigenvalue weighted by molar-refractivity contribution is 0.475. The van der Waals surface area contributed by atoms with Crippen molar-refractivity contribution >= 4 is 22.8 Å². The molecule has 0 aliphatic heterocycles. The number of benzene rings is 1. The molecule has 2 N–H and O–H groups in total. The number of phenolic OH excluding ortho intramolecular Hbond substituents is 1. The first-order valence-electron chi connectivity index (χ1n) is 6.73. The lowest BCUT2D eigenvalue weighted by Gasteiger charge is -2.11. The van der Waals surface area contributed by atoms with Crippen molar-refractivity contribution in [2.75, 3.05) is 5.75 Å². The van der Waals surface area contributed by atoms with E-state index in [9.17, 15) is 9.90 Å². The van der Waals surface area contributed by atoms with Crippen molar-refractivity contribution in [3.63, 3.8) is 0 Å². The first-order chi connectivity index (χ1) is 10.2. The third-order valence-corrected chi connectivity index (χ3v) is 4.24. The molecule has 0 saturated carbocycles. The van der Waals surface area contributed by atoms with Crippen LogP contribution in [0.4, 0.5) is 0 Å². The normalized spacial score (nSPS) is 11.1. The number of thioether (sulfide) groups is 1. The van der Waals surface area contributed by atoms with E-state index >= 15 is 0 Å². The van der Waals surface area contributed by atoms with Crippen LogP contribution in [0.3, 0.4) is 0 Å². The Kier molecular flexibility index (Phi) is 3.70. The molecule has 1 aromatic carbocycles. The van der Waals surface area contributed by atoms with Crippen molar-refractivity contribution in [2.24, 2.45) is 0 Å². The molecular formula is C15H15N3O2S. The van der Waals surface area contributed by atoms with E-state index in [1.807, 2.05) is 0 Å². The summed E-state index contributed by atoms with van der Waals surface area (Å²) in [6.45, 7) is 2.09. The predicted molar refractivity (Wildman–Crippen MR) is 84.4 cm³/mol. The lowest BCUT2D eigenvalue weighted by atomic mass is 10.3. The molecule has 0 spiro atoms. The fourth-order valence-corrected chi connectivity index (χ4v) is 2.96. The van der Waals surface area contributed by atoms with E-state index in [1.165, 1.54) is 0 Å². The highest BCUT2D eigenvalue weighted by Crippen LogP contribution is 2.22. The number of aromatic hydroxyl groups is 1. The molecule has 0 saturated heterocycles. The highest BCUT2D eigenvalue weighted by Gasteiger charge is 2.13. The van der Waals surface area contributed by atoms with E-state index < -0.39 is 0 Å². The molecule has 2 aromatic heterocycles. The lowest BCUT2D eigenvalue weighted by Crippen LogP contribution is -2.21. The van der Waals surface area contributed by atoms with Gasteiger partial charge in [-0.15, -0.1) is 0 Å². The number of nitrogens with zero attached hydrogens (tertiary/aromatic N) is 2. The number of aromatic amines is 1. The van der Waals surface area contributed by atoms with Crippen LogP contribution in [-0.2, 0) is 0 Å². The molecule has 0 aliphatic carbocycles. The number of phenols is 1. The maximum atomic E-state index is 12.7. The van der Waals surface area contributed by atoms with Gasteiger partial charge in [-0.05, 0) is 36.8 Å². The SMILES string of the molecule is CCCSc1nc2cc[nH]c2c(=O)n1-c1ccc(O)cc1. The topological polar surface area (TPSA) is 70.9 Å². The molecule has 0 atom stereocenters. The molecule has 0 radical (unpaired) electrons. The van der Waals surface area contributed by atoms with Gasteiger partial charge in [0.05, 0.1) is 11.2 Å². The summed E-state index contributed by atoms with van der Waals surface area (Å²) in [7, 11) is 0. The first-order valence-corrected chi connectivity index (χ1v) is 7.71. The summed E-state index contributed by atoms with van der Waals surface area (Å²) in [6.07, 6.45) is 2.72. The quantitative estimate of drug-likeness (QED) is 0.574. The fraction of sp³-hybridized carbons (Fsp3) is 0.200. The van der Waals surface area contributed by atoms with E-state index in [-0.39, 0.29) is 11.3 Å². The molecule has 21 heavy (non-hydrogen) atoms.